The average Bonchev–Trinajstić information content (AvgIpc) is 3.84. The van der Waals surface area contributed by atoms with Crippen LogP contribution in [0.4, 0.5) is 5.69 Å². The van der Waals surface area contributed by atoms with Gasteiger partial charge in [-0.05, 0) is 62.5 Å². The maximum Gasteiger partial charge on any atom is 0.287 e. The molecule has 0 spiro atoms. The van der Waals surface area contributed by atoms with E-state index in [1.807, 2.05) is 5.38 Å². The summed E-state index contributed by atoms with van der Waals surface area (Å²) in [6, 6.07) is 1.80. The van der Waals surface area contributed by atoms with Crippen LogP contribution in [0.3, 0.4) is 0 Å². The highest BCUT2D eigenvalue weighted by molar-refractivity contribution is 7.15. The van der Waals surface area contributed by atoms with E-state index in [0.29, 0.717) is 16.8 Å². The van der Waals surface area contributed by atoms with Crippen molar-refractivity contribution in [2.24, 2.45) is 11.8 Å². The Morgan fingerprint density at radius 3 is 2.58 bits per heavy atom. The molecule has 4 N–H and O–H groups in total. The number of aromatic nitrogens is 3. The molecular formula is C31H37N7O6S. The lowest BCUT2D eigenvalue weighted by atomic mass is 9.95. The number of fused-ring (bicyclic) bond motifs is 3. The lowest BCUT2D eigenvalue weighted by molar-refractivity contribution is -0.138. The standard InChI is InChI=1S/C31H37N7O6S/c39-25(29(43)32-20-4-1-2-5-20)10-9-21(34-28(42)24-16-38-12-13-45-31(38)36-24)27(41)35-22-6-3-11-37(30(22)44)17-26(40)33-23-15-18-7-8-19(23)14-18/h3,6,11-13,16,18-21,23H,1-2,4-5,7-10,14-15,17H2,(H,32,43)(H,33,40)(H,34,42)(H,35,41)/t18-,19+,21+,23-/m1/s1. The summed E-state index contributed by atoms with van der Waals surface area (Å²) in [6.07, 6.45) is 12.3. The van der Waals surface area contributed by atoms with Crippen LogP contribution in [0.25, 0.3) is 4.96 Å². The number of amides is 4. The van der Waals surface area contributed by atoms with Crippen molar-refractivity contribution in [3.05, 3.63) is 52.2 Å². The molecule has 4 amide bonds. The molecule has 3 heterocycles. The number of Topliss-reactive ketones (excluding diaryl/α,β-unsaturated/α-hetero) is 1. The molecule has 0 unspecified atom stereocenters. The molecule has 3 fully saturated rings. The second-order valence-electron chi connectivity index (χ2n) is 12.4. The molecule has 45 heavy (non-hydrogen) atoms. The first-order chi connectivity index (χ1) is 21.7. The Hall–Kier alpha value is -4.33. The molecule has 13 nitrogen and oxygen atoms in total. The van der Waals surface area contributed by atoms with Gasteiger partial charge in [0.15, 0.2) is 4.96 Å². The fourth-order valence-corrected chi connectivity index (χ4v) is 7.57. The number of nitrogens with one attached hydrogen (secondary N) is 4. The van der Waals surface area contributed by atoms with Gasteiger partial charge in [-0.2, -0.15) is 0 Å². The molecule has 2 bridgehead atoms. The highest BCUT2D eigenvalue weighted by Crippen LogP contribution is 2.44. The number of pyridine rings is 1. The minimum atomic E-state index is -1.25. The molecule has 3 saturated carbocycles. The first-order valence-electron chi connectivity index (χ1n) is 15.6. The highest BCUT2D eigenvalue weighted by Gasteiger charge is 2.40. The maximum absolute atomic E-state index is 13.5. The number of anilines is 1. The average molecular weight is 636 g/mol. The molecule has 3 aromatic heterocycles. The van der Waals surface area contributed by atoms with Crippen LogP contribution in [0.1, 0.15) is 74.7 Å². The third-order valence-electron chi connectivity index (χ3n) is 9.23. The van der Waals surface area contributed by atoms with E-state index in [1.165, 1.54) is 40.8 Å². The van der Waals surface area contributed by atoms with Crippen molar-refractivity contribution in [2.45, 2.75) is 88.9 Å². The number of ketones is 1. The summed E-state index contributed by atoms with van der Waals surface area (Å²) < 4.78 is 2.89. The van der Waals surface area contributed by atoms with Crippen LogP contribution >= 0.6 is 11.3 Å². The number of nitrogens with zero attached hydrogens (tertiary/aromatic N) is 3. The smallest absolute Gasteiger partial charge is 0.287 e. The second kappa shape index (κ2) is 13.3. The van der Waals surface area contributed by atoms with Crippen LogP contribution in [0.5, 0.6) is 0 Å². The predicted octanol–water partition coefficient (Wildman–Crippen LogP) is 2.01. The fourth-order valence-electron chi connectivity index (χ4n) is 6.87. The monoisotopic (exact) mass is 635 g/mol. The van der Waals surface area contributed by atoms with Crippen molar-refractivity contribution >= 4 is 51.4 Å². The summed E-state index contributed by atoms with van der Waals surface area (Å²) in [7, 11) is 0. The van der Waals surface area contributed by atoms with E-state index in [2.05, 4.69) is 26.3 Å². The molecule has 0 radical (unpaired) electrons. The quantitative estimate of drug-likeness (QED) is 0.220. The Labute approximate surface area is 263 Å². The van der Waals surface area contributed by atoms with Gasteiger partial charge in [-0.3, -0.25) is 33.2 Å². The van der Waals surface area contributed by atoms with Crippen LogP contribution in [0, 0.1) is 11.8 Å². The van der Waals surface area contributed by atoms with Gasteiger partial charge < -0.3 is 25.8 Å². The van der Waals surface area contributed by atoms with Gasteiger partial charge in [0, 0.05) is 42.5 Å². The van der Waals surface area contributed by atoms with Crippen molar-refractivity contribution < 1.29 is 24.0 Å². The van der Waals surface area contributed by atoms with Crippen molar-refractivity contribution in [3.8, 4) is 0 Å². The first kappa shape index (κ1) is 30.7. The van der Waals surface area contributed by atoms with Gasteiger partial charge in [0.25, 0.3) is 17.4 Å². The number of hydrogen-bond acceptors (Lipinski definition) is 8. The maximum atomic E-state index is 13.5. The number of carbonyl (C=O) groups is 5. The van der Waals surface area contributed by atoms with Crippen LogP contribution in [-0.2, 0) is 25.7 Å². The highest BCUT2D eigenvalue weighted by atomic mass is 32.1. The molecular weight excluding hydrogens is 598 g/mol. The molecule has 0 aliphatic heterocycles. The number of thiazole rings is 1. The fraction of sp³-hybridized carbons (Fsp3) is 0.516. The van der Waals surface area contributed by atoms with E-state index < -0.39 is 35.1 Å². The van der Waals surface area contributed by atoms with Crippen LogP contribution < -0.4 is 26.8 Å². The van der Waals surface area contributed by atoms with Gasteiger partial charge in [0.05, 0.1) is 0 Å². The van der Waals surface area contributed by atoms with Crippen LogP contribution in [0.2, 0.25) is 0 Å². The molecule has 3 aliphatic rings. The predicted molar refractivity (Wildman–Crippen MR) is 166 cm³/mol. The number of rotatable bonds is 12. The Morgan fingerprint density at radius 2 is 1.84 bits per heavy atom. The summed E-state index contributed by atoms with van der Waals surface area (Å²) >= 11 is 1.34. The molecule has 4 atom stereocenters. The Morgan fingerprint density at radius 1 is 1.02 bits per heavy atom. The summed E-state index contributed by atoms with van der Waals surface area (Å²) in [4.78, 5) is 82.5. The van der Waals surface area contributed by atoms with Gasteiger partial charge in [-0.25, -0.2) is 4.98 Å². The number of hydrogen-bond donors (Lipinski definition) is 4. The van der Waals surface area contributed by atoms with Crippen LogP contribution in [-0.4, -0.2) is 61.5 Å². The minimum Gasteiger partial charge on any atom is -0.352 e. The summed E-state index contributed by atoms with van der Waals surface area (Å²) in [6.45, 7) is -0.196. The molecule has 3 aliphatic carbocycles. The third kappa shape index (κ3) is 7.16. The third-order valence-corrected chi connectivity index (χ3v) is 10.00. The van der Waals surface area contributed by atoms with Crippen molar-refractivity contribution in [3.63, 3.8) is 0 Å². The van der Waals surface area contributed by atoms with Gasteiger partial charge >= 0.3 is 0 Å². The van der Waals surface area contributed by atoms with Gasteiger partial charge in [0.2, 0.25) is 17.6 Å². The molecule has 238 valence electrons. The molecule has 0 aromatic carbocycles. The largest absolute Gasteiger partial charge is 0.352 e. The number of imidazole rings is 1. The van der Waals surface area contributed by atoms with Crippen molar-refractivity contribution in [1.29, 1.82) is 0 Å². The summed E-state index contributed by atoms with van der Waals surface area (Å²) in [5, 5.41) is 12.8. The first-order valence-corrected chi connectivity index (χ1v) is 16.5. The van der Waals surface area contributed by atoms with E-state index in [9.17, 15) is 28.8 Å². The van der Waals surface area contributed by atoms with Gasteiger partial charge in [-0.1, -0.05) is 19.3 Å². The Kier molecular flexibility index (Phi) is 9.10. The van der Waals surface area contributed by atoms with E-state index in [1.54, 1.807) is 16.7 Å². The zero-order valence-corrected chi connectivity index (χ0v) is 25.6. The summed E-state index contributed by atoms with van der Waals surface area (Å²) in [5.74, 6) is -1.90. The molecule has 14 heteroatoms. The van der Waals surface area contributed by atoms with E-state index in [-0.39, 0.29) is 48.8 Å². The van der Waals surface area contributed by atoms with E-state index >= 15 is 0 Å². The summed E-state index contributed by atoms with van der Waals surface area (Å²) in [5.41, 5.74) is -0.587. The van der Waals surface area contributed by atoms with Crippen LogP contribution in [0.15, 0.2) is 40.9 Å². The van der Waals surface area contributed by atoms with E-state index in [4.69, 9.17) is 0 Å². The van der Waals surface area contributed by atoms with Crippen molar-refractivity contribution in [1.82, 2.24) is 29.9 Å². The second-order valence-corrected chi connectivity index (χ2v) is 13.2. The van der Waals surface area contributed by atoms with Gasteiger partial charge in [0.1, 0.15) is 24.0 Å². The Bertz CT molecular complexity index is 1640. The zero-order chi connectivity index (χ0) is 31.5. The van der Waals surface area contributed by atoms with Crippen molar-refractivity contribution in [2.75, 3.05) is 5.32 Å². The topological polar surface area (TPSA) is 173 Å². The normalized spacial score (nSPS) is 21.5. The lowest BCUT2D eigenvalue weighted by Gasteiger charge is -2.23. The molecule has 3 aromatic rings. The zero-order valence-electron chi connectivity index (χ0n) is 24.8. The SMILES string of the molecule is O=C(Cn1cccc(NC(=O)[C@H](CCC(=O)C(=O)NC2CCCC2)NC(=O)c2cn3ccsc3n2)c1=O)N[C@@H]1C[C@@H]2CC[C@H]1C2. The minimum absolute atomic E-state index is 0.0364. The molecule has 0 saturated heterocycles. The lowest BCUT2D eigenvalue weighted by Crippen LogP contribution is -2.46. The Balaban J connectivity index is 1.12. The van der Waals surface area contributed by atoms with Gasteiger partial charge in [-0.15, -0.1) is 11.3 Å². The van der Waals surface area contributed by atoms with E-state index in [0.717, 1.165) is 44.9 Å². The molecule has 6 rings (SSSR count). The number of carbonyl (C=O) groups excluding carboxylic acids is 5.